The van der Waals surface area contributed by atoms with Gasteiger partial charge in [-0.1, -0.05) is 72.8 Å². The number of benzene rings is 3. The van der Waals surface area contributed by atoms with Gasteiger partial charge in [-0.05, 0) is 34.7 Å². The van der Waals surface area contributed by atoms with Crippen molar-refractivity contribution in [2.45, 2.75) is 31.5 Å². The molecule has 5 nitrogen and oxygen atoms in total. The SMILES string of the molecule is COc1cccc(C(OCc2ccccc2)C(=O)C2C(=O)CC(c3ccccc3)CC2=O)c1. The van der Waals surface area contributed by atoms with Gasteiger partial charge in [0.2, 0.25) is 0 Å². The minimum atomic E-state index is -1.31. The molecule has 0 bridgehead atoms. The van der Waals surface area contributed by atoms with E-state index in [0.717, 1.165) is 11.1 Å². The summed E-state index contributed by atoms with van der Waals surface area (Å²) in [6, 6.07) is 25.9. The van der Waals surface area contributed by atoms with E-state index in [4.69, 9.17) is 9.47 Å². The molecule has 0 N–H and O–H groups in total. The number of carbonyl (C=O) groups is 3. The van der Waals surface area contributed by atoms with Crippen molar-refractivity contribution < 1.29 is 23.9 Å². The van der Waals surface area contributed by atoms with Crippen LogP contribution in [-0.2, 0) is 25.7 Å². The number of methoxy groups -OCH3 is 1. The van der Waals surface area contributed by atoms with Crippen molar-refractivity contribution in [1.29, 1.82) is 0 Å². The maximum Gasteiger partial charge on any atom is 0.183 e. The van der Waals surface area contributed by atoms with Gasteiger partial charge < -0.3 is 9.47 Å². The quantitative estimate of drug-likeness (QED) is 0.466. The van der Waals surface area contributed by atoms with E-state index in [1.54, 1.807) is 31.4 Å². The fraction of sp³-hybridized carbons (Fsp3) is 0.250. The summed E-state index contributed by atoms with van der Waals surface area (Å²) in [7, 11) is 1.54. The van der Waals surface area contributed by atoms with Gasteiger partial charge in [-0.2, -0.15) is 0 Å². The van der Waals surface area contributed by atoms with Crippen LogP contribution in [0.3, 0.4) is 0 Å². The summed E-state index contributed by atoms with van der Waals surface area (Å²) in [5.41, 5.74) is 2.39. The van der Waals surface area contributed by atoms with Gasteiger partial charge in [-0.15, -0.1) is 0 Å². The highest BCUT2D eigenvalue weighted by atomic mass is 16.5. The highest BCUT2D eigenvalue weighted by Gasteiger charge is 2.43. The van der Waals surface area contributed by atoms with Gasteiger partial charge in [0.1, 0.15) is 17.8 Å². The maximum absolute atomic E-state index is 13.6. The first-order valence-corrected chi connectivity index (χ1v) is 11.0. The summed E-state index contributed by atoms with van der Waals surface area (Å²) in [6.45, 7) is 0.177. The lowest BCUT2D eigenvalue weighted by Gasteiger charge is -2.28. The summed E-state index contributed by atoms with van der Waals surface area (Å²) >= 11 is 0. The van der Waals surface area contributed by atoms with Crippen molar-refractivity contribution in [3.05, 3.63) is 102 Å². The van der Waals surface area contributed by atoms with E-state index in [1.807, 2.05) is 60.7 Å². The Hall–Kier alpha value is -3.57. The molecule has 33 heavy (non-hydrogen) atoms. The van der Waals surface area contributed by atoms with Crippen molar-refractivity contribution >= 4 is 17.3 Å². The molecule has 0 aliphatic heterocycles. The molecule has 0 radical (unpaired) electrons. The average molecular weight is 443 g/mol. The molecule has 0 amide bonds. The van der Waals surface area contributed by atoms with E-state index in [1.165, 1.54) is 0 Å². The first-order chi connectivity index (χ1) is 16.1. The topological polar surface area (TPSA) is 69.7 Å². The van der Waals surface area contributed by atoms with E-state index in [-0.39, 0.29) is 36.9 Å². The molecule has 3 aromatic rings. The van der Waals surface area contributed by atoms with Crippen LogP contribution in [0.15, 0.2) is 84.9 Å². The van der Waals surface area contributed by atoms with Gasteiger partial charge in [0, 0.05) is 12.8 Å². The van der Waals surface area contributed by atoms with Crippen LogP contribution in [0, 0.1) is 5.92 Å². The second-order valence-electron chi connectivity index (χ2n) is 8.24. The zero-order valence-electron chi connectivity index (χ0n) is 18.5. The molecule has 5 heteroatoms. The number of hydrogen-bond acceptors (Lipinski definition) is 5. The highest BCUT2D eigenvalue weighted by Crippen LogP contribution is 2.35. The second-order valence-corrected chi connectivity index (χ2v) is 8.24. The number of carbonyl (C=O) groups excluding carboxylic acids is 3. The summed E-state index contributed by atoms with van der Waals surface area (Å²) < 4.78 is 11.3. The van der Waals surface area contributed by atoms with Crippen LogP contribution < -0.4 is 4.74 Å². The number of ketones is 3. The van der Waals surface area contributed by atoms with Crippen molar-refractivity contribution in [1.82, 2.24) is 0 Å². The minimum absolute atomic E-state index is 0.162. The second kappa shape index (κ2) is 10.4. The maximum atomic E-state index is 13.6. The van der Waals surface area contributed by atoms with Crippen LogP contribution in [0.2, 0.25) is 0 Å². The third kappa shape index (κ3) is 5.26. The first-order valence-electron chi connectivity index (χ1n) is 11.0. The molecule has 0 heterocycles. The van der Waals surface area contributed by atoms with Gasteiger partial charge in [-0.3, -0.25) is 14.4 Å². The van der Waals surface area contributed by atoms with Gasteiger partial charge >= 0.3 is 0 Å². The molecule has 1 atom stereocenters. The minimum Gasteiger partial charge on any atom is -0.497 e. The summed E-state index contributed by atoms with van der Waals surface area (Å²) in [4.78, 5) is 39.7. The Morgan fingerprint density at radius 1 is 0.879 bits per heavy atom. The van der Waals surface area contributed by atoms with Crippen molar-refractivity contribution in [3.63, 3.8) is 0 Å². The molecule has 1 saturated carbocycles. The highest BCUT2D eigenvalue weighted by molar-refractivity contribution is 6.22. The van der Waals surface area contributed by atoms with Gasteiger partial charge in [0.15, 0.2) is 17.3 Å². The monoisotopic (exact) mass is 442 g/mol. The van der Waals surface area contributed by atoms with E-state index in [9.17, 15) is 14.4 Å². The Morgan fingerprint density at radius 2 is 1.52 bits per heavy atom. The van der Waals surface area contributed by atoms with Crippen LogP contribution in [0.5, 0.6) is 5.75 Å². The smallest absolute Gasteiger partial charge is 0.183 e. The van der Waals surface area contributed by atoms with Gasteiger partial charge in [0.05, 0.1) is 13.7 Å². The average Bonchev–Trinajstić information content (AvgIpc) is 2.85. The van der Waals surface area contributed by atoms with Crippen molar-refractivity contribution in [2.24, 2.45) is 5.92 Å². The Balaban J connectivity index is 1.58. The molecule has 3 aromatic carbocycles. The van der Waals surface area contributed by atoms with Crippen LogP contribution in [0.4, 0.5) is 0 Å². The number of Topliss-reactive ketones (excluding diaryl/α,β-unsaturated/α-hetero) is 3. The zero-order chi connectivity index (χ0) is 23.2. The Bertz CT molecular complexity index is 1110. The Morgan fingerprint density at radius 3 is 2.15 bits per heavy atom. The van der Waals surface area contributed by atoms with Crippen LogP contribution in [0.1, 0.15) is 41.6 Å². The summed E-state index contributed by atoms with van der Waals surface area (Å²) in [6.07, 6.45) is -0.725. The predicted molar refractivity (Wildman–Crippen MR) is 124 cm³/mol. The molecule has 1 unspecified atom stereocenters. The Kier molecular flexibility index (Phi) is 7.10. The van der Waals surface area contributed by atoms with Crippen LogP contribution in [-0.4, -0.2) is 24.5 Å². The van der Waals surface area contributed by atoms with Crippen LogP contribution >= 0.6 is 0 Å². The van der Waals surface area contributed by atoms with Crippen LogP contribution in [0.25, 0.3) is 0 Å². The molecule has 1 aliphatic rings. The number of rotatable bonds is 8. The summed E-state index contributed by atoms with van der Waals surface area (Å²) in [5, 5.41) is 0. The molecular weight excluding hydrogens is 416 g/mol. The largest absolute Gasteiger partial charge is 0.497 e. The zero-order valence-corrected chi connectivity index (χ0v) is 18.5. The molecule has 0 spiro atoms. The lowest BCUT2D eigenvalue weighted by Crippen LogP contribution is -2.40. The molecule has 4 rings (SSSR count). The van der Waals surface area contributed by atoms with E-state index >= 15 is 0 Å². The van der Waals surface area contributed by atoms with Gasteiger partial charge in [0.25, 0.3) is 0 Å². The standard InChI is InChI=1S/C28H26O5/c1-32-23-14-8-13-21(15-23)28(33-18-19-9-4-2-5-10-19)27(31)26-24(29)16-22(17-25(26)30)20-11-6-3-7-12-20/h2-15,22,26,28H,16-18H2,1H3. The molecule has 168 valence electrons. The third-order valence-electron chi connectivity index (χ3n) is 6.01. The van der Waals surface area contributed by atoms with Crippen molar-refractivity contribution in [2.75, 3.05) is 7.11 Å². The molecule has 1 fully saturated rings. The first kappa shape index (κ1) is 22.6. The molecule has 1 aliphatic carbocycles. The number of hydrogen-bond donors (Lipinski definition) is 0. The Labute approximate surface area is 193 Å². The fourth-order valence-corrected chi connectivity index (χ4v) is 4.30. The van der Waals surface area contributed by atoms with Crippen molar-refractivity contribution in [3.8, 4) is 5.75 Å². The normalized spacial score (nSPS) is 19.2. The van der Waals surface area contributed by atoms with E-state index in [2.05, 4.69) is 0 Å². The van der Waals surface area contributed by atoms with E-state index in [0.29, 0.717) is 11.3 Å². The lowest BCUT2D eigenvalue weighted by molar-refractivity contribution is -0.148. The lowest BCUT2D eigenvalue weighted by atomic mass is 9.74. The summed E-state index contributed by atoms with van der Waals surface area (Å²) in [5.74, 6) is -2.14. The third-order valence-corrected chi connectivity index (χ3v) is 6.01. The fourth-order valence-electron chi connectivity index (χ4n) is 4.30. The van der Waals surface area contributed by atoms with Gasteiger partial charge in [-0.25, -0.2) is 0 Å². The van der Waals surface area contributed by atoms with E-state index < -0.39 is 17.8 Å². The molecular formula is C28H26O5. The molecule has 0 saturated heterocycles. The number of ether oxygens (including phenoxy) is 2. The molecule has 0 aromatic heterocycles. The predicted octanol–water partition coefficient (Wildman–Crippen LogP) is 4.85.